The molecule has 0 unspecified atom stereocenters. The first kappa shape index (κ1) is 10.1. The zero-order chi connectivity index (χ0) is 9.68. The van der Waals surface area contributed by atoms with Crippen LogP contribution >= 0.6 is 15.9 Å². The number of hydrogen-bond acceptors (Lipinski definition) is 2. The van der Waals surface area contributed by atoms with Crippen LogP contribution in [0.5, 0.6) is 0 Å². The quantitative estimate of drug-likeness (QED) is 0.828. The Kier molecular flexibility index (Phi) is 3.76. The van der Waals surface area contributed by atoms with E-state index in [0.29, 0.717) is 0 Å². The van der Waals surface area contributed by atoms with Crippen molar-refractivity contribution in [3.63, 3.8) is 0 Å². The third-order valence-corrected chi connectivity index (χ3v) is 2.21. The number of alkyl halides is 1. The fourth-order valence-electron chi connectivity index (χ4n) is 0.879. The second-order valence-corrected chi connectivity index (χ2v) is 3.12. The van der Waals surface area contributed by atoms with E-state index in [1.165, 1.54) is 5.56 Å². The van der Waals surface area contributed by atoms with Gasteiger partial charge in [-0.25, -0.2) is 4.79 Å². The lowest BCUT2D eigenvalue weighted by Gasteiger charge is -2.02. The van der Waals surface area contributed by atoms with Crippen LogP contribution in [0.1, 0.15) is 11.1 Å². The molecule has 70 valence electrons. The molecule has 4 heteroatoms. The third kappa shape index (κ3) is 3.46. The van der Waals surface area contributed by atoms with Crippen LogP contribution in [-0.2, 0) is 16.7 Å². The number of primary amides is 1. The summed E-state index contributed by atoms with van der Waals surface area (Å²) in [5, 5.41) is 0.823. The zero-order valence-electron chi connectivity index (χ0n) is 7.00. The predicted molar refractivity (Wildman–Crippen MR) is 53.4 cm³/mol. The van der Waals surface area contributed by atoms with Gasteiger partial charge in [0.15, 0.2) is 0 Å². The van der Waals surface area contributed by atoms with Gasteiger partial charge in [-0.05, 0) is 11.1 Å². The number of ether oxygens (including phenoxy) is 1. The van der Waals surface area contributed by atoms with E-state index in [1.807, 2.05) is 24.3 Å². The summed E-state index contributed by atoms with van der Waals surface area (Å²) in [4.78, 5) is 10.3. The monoisotopic (exact) mass is 243 g/mol. The molecule has 0 aromatic heterocycles. The van der Waals surface area contributed by atoms with Crippen LogP contribution in [0.3, 0.4) is 0 Å². The van der Waals surface area contributed by atoms with Gasteiger partial charge in [-0.2, -0.15) is 0 Å². The molecule has 0 radical (unpaired) electrons. The van der Waals surface area contributed by atoms with Gasteiger partial charge in [0.1, 0.15) is 6.61 Å². The van der Waals surface area contributed by atoms with Crippen molar-refractivity contribution in [1.82, 2.24) is 0 Å². The second-order valence-electron chi connectivity index (χ2n) is 2.56. The molecule has 1 aromatic rings. The highest BCUT2D eigenvalue weighted by atomic mass is 79.9. The van der Waals surface area contributed by atoms with Gasteiger partial charge in [-0.3, -0.25) is 0 Å². The first-order chi connectivity index (χ1) is 6.22. The molecule has 1 rings (SSSR count). The Balaban J connectivity index is 2.54. The van der Waals surface area contributed by atoms with E-state index in [0.717, 1.165) is 10.9 Å². The SMILES string of the molecule is NC(=O)OCc1ccc(CBr)cc1. The molecule has 2 N–H and O–H groups in total. The number of nitrogens with two attached hydrogens (primary N) is 1. The van der Waals surface area contributed by atoms with Gasteiger partial charge in [0.05, 0.1) is 0 Å². The maximum absolute atomic E-state index is 10.3. The van der Waals surface area contributed by atoms with Gasteiger partial charge in [0.25, 0.3) is 0 Å². The molecule has 3 nitrogen and oxygen atoms in total. The van der Waals surface area contributed by atoms with E-state index < -0.39 is 6.09 Å². The van der Waals surface area contributed by atoms with Crippen molar-refractivity contribution < 1.29 is 9.53 Å². The molecule has 0 fully saturated rings. The van der Waals surface area contributed by atoms with Crippen LogP contribution in [0.15, 0.2) is 24.3 Å². The summed E-state index contributed by atoms with van der Waals surface area (Å²) in [5.41, 5.74) is 6.94. The molecular formula is C9H10BrNO2. The minimum Gasteiger partial charge on any atom is -0.445 e. The first-order valence-electron chi connectivity index (χ1n) is 3.78. The summed E-state index contributed by atoms with van der Waals surface area (Å²) >= 11 is 3.34. The Morgan fingerprint density at radius 3 is 2.31 bits per heavy atom. The van der Waals surface area contributed by atoms with E-state index in [2.05, 4.69) is 20.7 Å². The molecule has 0 heterocycles. The minimum atomic E-state index is -0.746. The van der Waals surface area contributed by atoms with E-state index >= 15 is 0 Å². The molecule has 13 heavy (non-hydrogen) atoms. The molecule has 0 bridgehead atoms. The Morgan fingerprint density at radius 1 is 1.31 bits per heavy atom. The molecule has 0 atom stereocenters. The Hall–Kier alpha value is -1.03. The van der Waals surface area contributed by atoms with E-state index in [9.17, 15) is 4.79 Å². The highest BCUT2D eigenvalue weighted by Crippen LogP contribution is 2.08. The summed E-state index contributed by atoms with van der Waals surface area (Å²) < 4.78 is 4.63. The van der Waals surface area contributed by atoms with Crippen molar-refractivity contribution in [1.29, 1.82) is 0 Å². The standard InChI is InChI=1S/C9H10BrNO2/c10-5-7-1-3-8(4-2-7)6-13-9(11)12/h1-4H,5-6H2,(H2,11,12). The fraction of sp³-hybridized carbons (Fsp3) is 0.222. The zero-order valence-corrected chi connectivity index (χ0v) is 8.58. The Bertz CT molecular complexity index is 284. The van der Waals surface area contributed by atoms with Crippen molar-refractivity contribution in [2.45, 2.75) is 11.9 Å². The van der Waals surface area contributed by atoms with Crippen LogP contribution < -0.4 is 5.73 Å². The number of halogens is 1. The van der Waals surface area contributed by atoms with Crippen LogP contribution in [0.25, 0.3) is 0 Å². The molecular weight excluding hydrogens is 234 g/mol. The maximum Gasteiger partial charge on any atom is 0.404 e. The van der Waals surface area contributed by atoms with Gasteiger partial charge in [0, 0.05) is 5.33 Å². The van der Waals surface area contributed by atoms with Gasteiger partial charge in [-0.1, -0.05) is 40.2 Å². The highest BCUT2D eigenvalue weighted by Gasteiger charge is 1.96. The predicted octanol–water partition coefficient (Wildman–Crippen LogP) is 2.18. The third-order valence-electron chi connectivity index (χ3n) is 1.56. The van der Waals surface area contributed by atoms with Gasteiger partial charge in [0.2, 0.25) is 0 Å². The second kappa shape index (κ2) is 4.87. The molecule has 1 amide bonds. The lowest BCUT2D eigenvalue weighted by molar-refractivity contribution is 0.150. The van der Waals surface area contributed by atoms with Crippen LogP contribution in [-0.4, -0.2) is 6.09 Å². The average Bonchev–Trinajstić information content (AvgIpc) is 2.15. The van der Waals surface area contributed by atoms with E-state index in [-0.39, 0.29) is 6.61 Å². The normalized spacial score (nSPS) is 9.62. The minimum absolute atomic E-state index is 0.234. The van der Waals surface area contributed by atoms with E-state index in [1.54, 1.807) is 0 Å². The largest absolute Gasteiger partial charge is 0.445 e. The van der Waals surface area contributed by atoms with Crippen LogP contribution in [0.2, 0.25) is 0 Å². The van der Waals surface area contributed by atoms with Crippen molar-refractivity contribution in [3.8, 4) is 0 Å². The summed E-state index contributed by atoms with van der Waals surface area (Å²) in [6.07, 6.45) is -0.746. The fourth-order valence-corrected chi connectivity index (χ4v) is 1.25. The van der Waals surface area contributed by atoms with Crippen LogP contribution in [0.4, 0.5) is 4.79 Å². The summed E-state index contributed by atoms with van der Waals surface area (Å²) in [6, 6.07) is 7.74. The summed E-state index contributed by atoms with van der Waals surface area (Å²) in [5.74, 6) is 0. The van der Waals surface area contributed by atoms with Crippen molar-refractivity contribution in [2.24, 2.45) is 5.73 Å². The lowest BCUT2D eigenvalue weighted by atomic mass is 10.2. The molecule has 0 saturated heterocycles. The number of benzene rings is 1. The maximum atomic E-state index is 10.3. The lowest BCUT2D eigenvalue weighted by Crippen LogP contribution is -2.12. The van der Waals surface area contributed by atoms with Gasteiger partial charge < -0.3 is 10.5 Å². The molecule has 0 saturated carbocycles. The van der Waals surface area contributed by atoms with E-state index in [4.69, 9.17) is 5.73 Å². The summed E-state index contributed by atoms with van der Waals surface area (Å²) in [6.45, 7) is 0.234. The average molecular weight is 244 g/mol. The van der Waals surface area contributed by atoms with Crippen molar-refractivity contribution >= 4 is 22.0 Å². The molecule has 0 aliphatic carbocycles. The smallest absolute Gasteiger partial charge is 0.404 e. The van der Waals surface area contributed by atoms with Crippen LogP contribution in [0, 0.1) is 0 Å². The summed E-state index contributed by atoms with van der Waals surface area (Å²) in [7, 11) is 0. The van der Waals surface area contributed by atoms with Crippen molar-refractivity contribution in [2.75, 3.05) is 0 Å². The topological polar surface area (TPSA) is 52.3 Å². The number of amides is 1. The van der Waals surface area contributed by atoms with Gasteiger partial charge in [-0.15, -0.1) is 0 Å². The Morgan fingerprint density at radius 2 is 1.85 bits per heavy atom. The molecule has 0 spiro atoms. The highest BCUT2D eigenvalue weighted by molar-refractivity contribution is 9.08. The molecule has 0 aliphatic heterocycles. The number of carbonyl (C=O) groups excluding carboxylic acids is 1. The number of rotatable bonds is 3. The number of hydrogen-bond donors (Lipinski definition) is 1. The van der Waals surface area contributed by atoms with Gasteiger partial charge >= 0.3 is 6.09 Å². The molecule has 0 aliphatic rings. The number of carbonyl (C=O) groups is 1. The molecule has 1 aromatic carbocycles. The van der Waals surface area contributed by atoms with Crippen molar-refractivity contribution in [3.05, 3.63) is 35.4 Å². The first-order valence-corrected chi connectivity index (χ1v) is 4.90. The Labute approximate surface area is 85.0 Å².